The van der Waals surface area contributed by atoms with Crippen LogP contribution in [0.3, 0.4) is 0 Å². The number of halogens is 1. The third-order valence-corrected chi connectivity index (χ3v) is 3.58. The van der Waals surface area contributed by atoms with E-state index in [2.05, 4.69) is 31.5 Å². The molecule has 1 aromatic heterocycles. The molecule has 1 amide bonds. The zero-order chi connectivity index (χ0) is 15.2. The number of pyridine rings is 1. The van der Waals surface area contributed by atoms with Crippen LogP contribution in [0.15, 0.2) is 28.9 Å². The van der Waals surface area contributed by atoms with Crippen molar-refractivity contribution in [1.29, 1.82) is 0 Å². The summed E-state index contributed by atoms with van der Waals surface area (Å²) >= 11 is 3.45. The van der Waals surface area contributed by atoms with Crippen molar-refractivity contribution >= 4 is 44.1 Å². The van der Waals surface area contributed by atoms with Crippen LogP contribution in [0.4, 0.5) is 11.4 Å². The quantitative estimate of drug-likeness (QED) is 0.748. The maximum absolute atomic E-state index is 11.6. The molecule has 1 aromatic carbocycles. The van der Waals surface area contributed by atoms with Gasteiger partial charge in [-0.1, -0.05) is 22.9 Å². The summed E-state index contributed by atoms with van der Waals surface area (Å²) in [6.07, 6.45) is 2.99. The third-order valence-electron chi connectivity index (χ3n) is 3.09. The summed E-state index contributed by atoms with van der Waals surface area (Å²) in [5, 5.41) is 7.04. The molecule has 1 heterocycles. The molecular formula is C15H19BrN4O. The Balaban J connectivity index is 2.09. The van der Waals surface area contributed by atoms with Crippen LogP contribution in [0.1, 0.15) is 19.8 Å². The average molecular weight is 351 g/mol. The molecule has 2 aromatic rings. The van der Waals surface area contributed by atoms with Crippen LogP contribution in [-0.4, -0.2) is 24.0 Å². The maximum atomic E-state index is 11.6. The number of carbonyl (C=O) groups is 1. The number of carbonyl (C=O) groups excluding carboxylic acids is 1. The van der Waals surface area contributed by atoms with Gasteiger partial charge >= 0.3 is 0 Å². The molecule has 6 heteroatoms. The van der Waals surface area contributed by atoms with Crippen molar-refractivity contribution in [3.05, 3.63) is 28.9 Å². The van der Waals surface area contributed by atoms with Gasteiger partial charge in [-0.25, -0.2) is 0 Å². The molecule has 2 rings (SSSR count). The van der Waals surface area contributed by atoms with Crippen molar-refractivity contribution in [3.8, 4) is 0 Å². The van der Waals surface area contributed by atoms with Crippen LogP contribution in [0, 0.1) is 0 Å². The lowest BCUT2D eigenvalue weighted by atomic mass is 10.1. The van der Waals surface area contributed by atoms with Crippen molar-refractivity contribution in [2.45, 2.75) is 19.8 Å². The summed E-state index contributed by atoms with van der Waals surface area (Å²) in [7, 11) is 0. The second-order valence-electron chi connectivity index (χ2n) is 4.78. The number of nitrogens with two attached hydrogens (primary N) is 1. The molecule has 0 unspecified atom stereocenters. The van der Waals surface area contributed by atoms with Gasteiger partial charge < -0.3 is 16.4 Å². The molecule has 0 radical (unpaired) electrons. The van der Waals surface area contributed by atoms with Gasteiger partial charge in [-0.2, -0.15) is 0 Å². The number of nitrogen functional groups attached to an aromatic ring is 1. The molecule has 0 atom stereocenters. The van der Waals surface area contributed by atoms with Crippen LogP contribution >= 0.6 is 15.9 Å². The SMILES string of the molecule is CCCNC(=O)CCNc1c(N)cnc2ccc(Br)cc12. The Morgan fingerprint density at radius 2 is 2.19 bits per heavy atom. The van der Waals surface area contributed by atoms with Gasteiger partial charge in [-0.05, 0) is 24.6 Å². The normalized spacial score (nSPS) is 10.6. The second kappa shape index (κ2) is 7.26. The van der Waals surface area contributed by atoms with Gasteiger partial charge in [0.05, 0.1) is 23.1 Å². The lowest BCUT2D eigenvalue weighted by Crippen LogP contribution is -2.26. The van der Waals surface area contributed by atoms with Crippen molar-refractivity contribution in [2.75, 3.05) is 24.1 Å². The molecule has 0 fully saturated rings. The van der Waals surface area contributed by atoms with Gasteiger partial charge in [-0.15, -0.1) is 0 Å². The summed E-state index contributed by atoms with van der Waals surface area (Å²) in [5.74, 6) is 0.0439. The minimum atomic E-state index is 0.0439. The smallest absolute Gasteiger partial charge is 0.221 e. The summed E-state index contributed by atoms with van der Waals surface area (Å²) in [6.45, 7) is 3.28. The van der Waals surface area contributed by atoms with Gasteiger partial charge in [0, 0.05) is 29.4 Å². The van der Waals surface area contributed by atoms with E-state index in [4.69, 9.17) is 5.73 Å². The third kappa shape index (κ3) is 4.07. The fraction of sp³-hybridized carbons (Fsp3) is 0.333. The summed E-state index contributed by atoms with van der Waals surface area (Å²) < 4.78 is 0.964. The molecule has 5 nitrogen and oxygen atoms in total. The number of rotatable bonds is 6. The number of hydrogen-bond donors (Lipinski definition) is 3. The van der Waals surface area contributed by atoms with Gasteiger partial charge in [0.15, 0.2) is 0 Å². The van der Waals surface area contributed by atoms with E-state index in [0.717, 1.165) is 27.5 Å². The fourth-order valence-corrected chi connectivity index (χ4v) is 2.39. The highest BCUT2D eigenvalue weighted by Crippen LogP contribution is 2.29. The topological polar surface area (TPSA) is 80.0 Å². The second-order valence-corrected chi connectivity index (χ2v) is 5.69. The number of fused-ring (bicyclic) bond motifs is 1. The molecular weight excluding hydrogens is 332 g/mol. The fourth-order valence-electron chi connectivity index (χ4n) is 2.03. The number of benzene rings is 1. The highest BCUT2D eigenvalue weighted by molar-refractivity contribution is 9.10. The Bertz CT molecular complexity index is 640. The zero-order valence-corrected chi connectivity index (χ0v) is 13.5. The summed E-state index contributed by atoms with van der Waals surface area (Å²) in [5.41, 5.74) is 8.26. The molecule has 112 valence electrons. The first-order valence-corrected chi connectivity index (χ1v) is 7.75. The summed E-state index contributed by atoms with van der Waals surface area (Å²) in [4.78, 5) is 15.9. The van der Waals surface area contributed by atoms with Crippen LogP contribution in [0.2, 0.25) is 0 Å². The van der Waals surface area contributed by atoms with Crippen molar-refractivity contribution in [1.82, 2.24) is 10.3 Å². The largest absolute Gasteiger partial charge is 0.396 e. The molecule has 0 aliphatic rings. The highest BCUT2D eigenvalue weighted by atomic mass is 79.9. The Hall–Kier alpha value is -1.82. The lowest BCUT2D eigenvalue weighted by Gasteiger charge is -2.12. The lowest BCUT2D eigenvalue weighted by molar-refractivity contribution is -0.120. The first-order valence-electron chi connectivity index (χ1n) is 6.96. The number of hydrogen-bond acceptors (Lipinski definition) is 4. The molecule has 21 heavy (non-hydrogen) atoms. The predicted molar refractivity (Wildman–Crippen MR) is 90.3 cm³/mol. The Morgan fingerprint density at radius 1 is 1.38 bits per heavy atom. The first kappa shape index (κ1) is 15.6. The highest BCUT2D eigenvalue weighted by Gasteiger charge is 2.08. The number of nitrogens with zero attached hydrogens (tertiary/aromatic N) is 1. The van der Waals surface area contributed by atoms with E-state index in [1.54, 1.807) is 6.20 Å². The maximum Gasteiger partial charge on any atom is 0.221 e. The molecule has 0 saturated heterocycles. The predicted octanol–water partition coefficient (Wildman–Crippen LogP) is 2.91. The Kier molecular flexibility index (Phi) is 5.38. The van der Waals surface area contributed by atoms with Crippen LogP contribution in [0.5, 0.6) is 0 Å². The van der Waals surface area contributed by atoms with Crippen LogP contribution < -0.4 is 16.4 Å². The van der Waals surface area contributed by atoms with Crippen LogP contribution in [0.25, 0.3) is 10.9 Å². The number of nitrogens with one attached hydrogen (secondary N) is 2. The van der Waals surface area contributed by atoms with Gasteiger partial charge in [0.1, 0.15) is 0 Å². The number of aromatic nitrogens is 1. The molecule has 0 aliphatic heterocycles. The van der Waals surface area contributed by atoms with Crippen LogP contribution in [-0.2, 0) is 4.79 Å². The van der Waals surface area contributed by atoms with Crippen molar-refractivity contribution in [2.24, 2.45) is 0 Å². The number of amides is 1. The minimum absolute atomic E-state index is 0.0439. The van der Waals surface area contributed by atoms with Crippen molar-refractivity contribution < 1.29 is 4.79 Å². The Morgan fingerprint density at radius 3 is 2.95 bits per heavy atom. The number of anilines is 2. The molecule has 0 aliphatic carbocycles. The van der Waals surface area contributed by atoms with Gasteiger partial charge in [-0.3, -0.25) is 9.78 Å². The van der Waals surface area contributed by atoms with E-state index in [0.29, 0.717) is 25.2 Å². The van der Waals surface area contributed by atoms with E-state index < -0.39 is 0 Å². The van der Waals surface area contributed by atoms with Crippen molar-refractivity contribution in [3.63, 3.8) is 0 Å². The molecule has 4 N–H and O–H groups in total. The van der Waals surface area contributed by atoms with E-state index in [1.807, 2.05) is 25.1 Å². The minimum Gasteiger partial charge on any atom is -0.396 e. The van der Waals surface area contributed by atoms with E-state index in [1.165, 1.54) is 0 Å². The standard InChI is InChI=1S/C15H19BrN4O/c1-2-6-18-14(21)5-7-19-15-11-8-10(16)3-4-13(11)20-9-12(15)17/h3-4,8-9H,2,5-7,17H2,1H3,(H,18,21)(H,19,20). The average Bonchev–Trinajstić information content (AvgIpc) is 2.47. The molecule has 0 spiro atoms. The monoisotopic (exact) mass is 350 g/mol. The Labute approximate surface area is 132 Å². The van der Waals surface area contributed by atoms with Gasteiger partial charge in [0.2, 0.25) is 5.91 Å². The molecule has 0 bridgehead atoms. The zero-order valence-electron chi connectivity index (χ0n) is 11.9. The van der Waals surface area contributed by atoms with E-state index >= 15 is 0 Å². The first-order chi connectivity index (χ1) is 10.1. The van der Waals surface area contributed by atoms with E-state index in [9.17, 15) is 4.79 Å². The summed E-state index contributed by atoms with van der Waals surface area (Å²) in [6, 6.07) is 5.84. The van der Waals surface area contributed by atoms with Gasteiger partial charge in [0.25, 0.3) is 0 Å². The molecule has 0 saturated carbocycles. The van der Waals surface area contributed by atoms with E-state index in [-0.39, 0.29) is 5.91 Å².